The van der Waals surface area contributed by atoms with Gasteiger partial charge in [-0.05, 0) is 35.9 Å². The maximum atomic E-state index is 14.4. The highest BCUT2D eigenvalue weighted by Gasteiger charge is 2.25. The monoisotopic (exact) mass is 440 g/mol. The molecule has 0 bridgehead atoms. The van der Waals surface area contributed by atoms with Crippen molar-refractivity contribution in [2.75, 3.05) is 0 Å². The van der Waals surface area contributed by atoms with Crippen molar-refractivity contribution in [1.29, 1.82) is 0 Å². The molecule has 0 saturated heterocycles. The van der Waals surface area contributed by atoms with Crippen LogP contribution in [-0.4, -0.2) is 16.7 Å². The van der Waals surface area contributed by atoms with Gasteiger partial charge in [0.15, 0.2) is 23.3 Å². The molecular formula is C24H16F4N2O2. The Hall–Kier alpha value is -3.94. The standard InChI is InChI=1S/C24H16F4N2O2/c25-18-6-3-4-14(21(18)27)11-30-24(32)16-10-13-8-9-19(26)22(28)17(13)12-29-23(16)15-5-1-2-7-20(15)31/h1-10,31H,11-12H2,(H,30,32). The quantitative estimate of drug-likeness (QED) is 0.580. The van der Waals surface area contributed by atoms with Crippen LogP contribution in [0.3, 0.4) is 0 Å². The SMILES string of the molecule is O=C(NCc1cccc(F)c1F)C1=Cc2ccc(F)c(F)c2CN=C1c1ccccc1O. The number of phenolic OH excluding ortho intramolecular Hbond substituents is 1. The fraction of sp³-hybridized carbons (Fsp3) is 0.0833. The van der Waals surface area contributed by atoms with Crippen molar-refractivity contribution in [1.82, 2.24) is 5.32 Å². The Morgan fingerprint density at radius 3 is 2.47 bits per heavy atom. The summed E-state index contributed by atoms with van der Waals surface area (Å²) >= 11 is 0. The number of aliphatic imine (C=N–C) groups is 1. The van der Waals surface area contributed by atoms with E-state index in [0.717, 1.165) is 12.1 Å². The third-order valence-corrected chi connectivity index (χ3v) is 5.06. The Kier molecular flexibility index (Phi) is 5.77. The van der Waals surface area contributed by atoms with Gasteiger partial charge in [-0.2, -0.15) is 0 Å². The summed E-state index contributed by atoms with van der Waals surface area (Å²) in [6.07, 6.45) is 1.33. The van der Waals surface area contributed by atoms with Crippen LogP contribution in [0.15, 0.2) is 65.2 Å². The van der Waals surface area contributed by atoms with Crippen LogP contribution in [-0.2, 0) is 17.9 Å². The number of halogens is 4. The van der Waals surface area contributed by atoms with Crippen LogP contribution in [0.25, 0.3) is 6.08 Å². The first-order valence-electron chi connectivity index (χ1n) is 9.59. The lowest BCUT2D eigenvalue weighted by Gasteiger charge is -2.13. The maximum absolute atomic E-state index is 14.4. The van der Waals surface area contributed by atoms with Gasteiger partial charge in [0.2, 0.25) is 0 Å². The highest BCUT2D eigenvalue weighted by molar-refractivity contribution is 6.31. The minimum Gasteiger partial charge on any atom is -0.507 e. The average Bonchev–Trinajstić information content (AvgIpc) is 2.98. The van der Waals surface area contributed by atoms with Gasteiger partial charge in [0.05, 0.1) is 17.8 Å². The number of nitrogens with one attached hydrogen (secondary N) is 1. The number of para-hydroxylation sites is 1. The van der Waals surface area contributed by atoms with Gasteiger partial charge >= 0.3 is 0 Å². The van der Waals surface area contributed by atoms with E-state index in [0.29, 0.717) is 0 Å². The second-order valence-corrected chi connectivity index (χ2v) is 7.06. The number of amides is 1. The summed E-state index contributed by atoms with van der Waals surface area (Å²) in [4.78, 5) is 17.3. The minimum absolute atomic E-state index is 0.0445. The summed E-state index contributed by atoms with van der Waals surface area (Å²) in [5, 5.41) is 12.8. The van der Waals surface area contributed by atoms with Crippen LogP contribution < -0.4 is 5.32 Å². The van der Waals surface area contributed by atoms with E-state index < -0.39 is 29.2 Å². The summed E-state index contributed by atoms with van der Waals surface area (Å²) in [7, 11) is 0. The molecular weight excluding hydrogens is 424 g/mol. The van der Waals surface area contributed by atoms with Crippen molar-refractivity contribution in [3.05, 3.63) is 106 Å². The number of benzene rings is 3. The normalized spacial score (nSPS) is 13.0. The topological polar surface area (TPSA) is 61.7 Å². The predicted molar refractivity (Wildman–Crippen MR) is 111 cm³/mol. The van der Waals surface area contributed by atoms with E-state index in [4.69, 9.17) is 0 Å². The Balaban J connectivity index is 1.76. The van der Waals surface area contributed by atoms with E-state index in [2.05, 4.69) is 10.3 Å². The number of rotatable bonds is 4. The van der Waals surface area contributed by atoms with Gasteiger partial charge in [-0.15, -0.1) is 0 Å². The Morgan fingerprint density at radius 1 is 0.938 bits per heavy atom. The molecule has 1 amide bonds. The van der Waals surface area contributed by atoms with E-state index in [-0.39, 0.29) is 52.4 Å². The summed E-state index contributed by atoms with van der Waals surface area (Å²) in [6, 6.07) is 12.0. The van der Waals surface area contributed by atoms with Gasteiger partial charge in [-0.1, -0.05) is 30.3 Å². The summed E-state index contributed by atoms with van der Waals surface area (Å²) in [5.41, 5.74) is 0.336. The first-order chi connectivity index (χ1) is 15.4. The van der Waals surface area contributed by atoms with Crippen molar-refractivity contribution in [3.63, 3.8) is 0 Å². The van der Waals surface area contributed by atoms with Gasteiger partial charge < -0.3 is 10.4 Å². The van der Waals surface area contributed by atoms with Gasteiger partial charge in [0, 0.05) is 23.2 Å². The van der Waals surface area contributed by atoms with Crippen LogP contribution in [0.2, 0.25) is 0 Å². The van der Waals surface area contributed by atoms with Crippen molar-refractivity contribution in [3.8, 4) is 5.75 Å². The minimum atomic E-state index is -1.08. The number of nitrogens with zero attached hydrogens (tertiary/aromatic N) is 1. The molecule has 0 unspecified atom stereocenters. The fourth-order valence-electron chi connectivity index (χ4n) is 3.40. The van der Waals surface area contributed by atoms with E-state index in [1.54, 1.807) is 12.1 Å². The molecule has 2 N–H and O–H groups in total. The Morgan fingerprint density at radius 2 is 1.69 bits per heavy atom. The molecule has 1 aliphatic rings. The molecule has 4 nitrogen and oxygen atoms in total. The molecule has 0 spiro atoms. The number of phenols is 1. The summed E-state index contributed by atoms with van der Waals surface area (Å²) in [6.45, 7) is -0.590. The zero-order valence-electron chi connectivity index (χ0n) is 16.5. The second kappa shape index (κ2) is 8.66. The highest BCUT2D eigenvalue weighted by atomic mass is 19.2. The largest absolute Gasteiger partial charge is 0.507 e. The highest BCUT2D eigenvalue weighted by Crippen LogP contribution is 2.28. The molecule has 0 saturated carbocycles. The van der Waals surface area contributed by atoms with E-state index >= 15 is 0 Å². The van der Waals surface area contributed by atoms with Gasteiger partial charge in [0.25, 0.3) is 5.91 Å². The summed E-state index contributed by atoms with van der Waals surface area (Å²) < 4.78 is 55.5. The smallest absolute Gasteiger partial charge is 0.253 e. The maximum Gasteiger partial charge on any atom is 0.253 e. The molecule has 4 rings (SSSR count). The number of fused-ring (bicyclic) bond motifs is 1. The van der Waals surface area contributed by atoms with Crippen LogP contribution in [0.5, 0.6) is 5.75 Å². The number of hydrogen-bond donors (Lipinski definition) is 2. The number of aromatic hydroxyl groups is 1. The third-order valence-electron chi connectivity index (χ3n) is 5.06. The van der Waals surface area contributed by atoms with Crippen molar-refractivity contribution in [2.45, 2.75) is 13.1 Å². The van der Waals surface area contributed by atoms with E-state index in [1.165, 1.54) is 36.4 Å². The zero-order valence-corrected chi connectivity index (χ0v) is 16.5. The Labute approximate surface area is 180 Å². The van der Waals surface area contributed by atoms with Crippen LogP contribution in [0.4, 0.5) is 17.6 Å². The first-order valence-corrected chi connectivity index (χ1v) is 9.59. The second-order valence-electron chi connectivity index (χ2n) is 7.06. The van der Waals surface area contributed by atoms with Crippen molar-refractivity contribution in [2.24, 2.45) is 4.99 Å². The number of hydrogen-bond acceptors (Lipinski definition) is 3. The molecule has 0 radical (unpaired) electrons. The molecule has 162 valence electrons. The van der Waals surface area contributed by atoms with E-state index in [9.17, 15) is 27.5 Å². The summed E-state index contributed by atoms with van der Waals surface area (Å²) in [5.74, 6) is -5.14. The zero-order chi connectivity index (χ0) is 22.8. The molecule has 1 heterocycles. The first kappa shape index (κ1) is 21.3. The molecule has 0 aromatic heterocycles. The predicted octanol–water partition coefficient (Wildman–Crippen LogP) is 4.65. The molecule has 3 aromatic rings. The molecule has 8 heteroatoms. The van der Waals surface area contributed by atoms with Gasteiger partial charge in [0.1, 0.15) is 5.75 Å². The molecule has 0 aliphatic carbocycles. The molecule has 1 aliphatic heterocycles. The van der Waals surface area contributed by atoms with Crippen LogP contribution >= 0.6 is 0 Å². The lowest BCUT2D eigenvalue weighted by atomic mass is 9.98. The van der Waals surface area contributed by atoms with Crippen molar-refractivity contribution < 1.29 is 27.5 Å². The number of carbonyl (C=O) groups excluding carboxylic acids is 1. The Bertz CT molecular complexity index is 1280. The number of carbonyl (C=O) groups is 1. The fourth-order valence-corrected chi connectivity index (χ4v) is 3.40. The lowest BCUT2D eigenvalue weighted by Crippen LogP contribution is -2.29. The molecule has 0 atom stereocenters. The van der Waals surface area contributed by atoms with Crippen LogP contribution in [0.1, 0.15) is 22.3 Å². The molecule has 3 aromatic carbocycles. The van der Waals surface area contributed by atoms with E-state index in [1.807, 2.05) is 0 Å². The third kappa shape index (κ3) is 3.99. The molecule has 32 heavy (non-hydrogen) atoms. The average molecular weight is 440 g/mol. The lowest BCUT2D eigenvalue weighted by molar-refractivity contribution is -0.117. The van der Waals surface area contributed by atoms with Crippen molar-refractivity contribution >= 4 is 17.7 Å². The molecule has 0 fully saturated rings. The van der Waals surface area contributed by atoms with Gasteiger partial charge in [-0.25, -0.2) is 17.6 Å². The van der Waals surface area contributed by atoms with Crippen LogP contribution in [0, 0.1) is 23.3 Å². The van der Waals surface area contributed by atoms with Gasteiger partial charge in [-0.3, -0.25) is 9.79 Å².